The zero-order valence-corrected chi connectivity index (χ0v) is 40.0. The number of nitrogens with zero attached hydrogens (tertiary/aromatic N) is 2. The predicted octanol–water partition coefficient (Wildman–Crippen LogP) is 18.6. The molecule has 0 unspecified atom stereocenters. The van der Waals surface area contributed by atoms with Crippen LogP contribution in [0.1, 0.15) is 244 Å². The maximum absolute atomic E-state index is 11.7. The monoisotopic (exact) mass is 873 g/mol. The number of aryl methyl sites for hydroxylation is 2. The minimum absolute atomic E-state index is 0. The van der Waals surface area contributed by atoms with Crippen molar-refractivity contribution in [3.8, 4) is 0 Å². The second-order valence-electron chi connectivity index (χ2n) is 16.4. The zero-order chi connectivity index (χ0) is 41.1. The van der Waals surface area contributed by atoms with Crippen LogP contribution < -0.4 is 0 Å². The Hall–Kier alpha value is -1.82. The summed E-state index contributed by atoms with van der Waals surface area (Å²) >= 11 is 0. The van der Waals surface area contributed by atoms with Crippen molar-refractivity contribution in [1.29, 1.82) is 0 Å². The molecular weight excluding hydrogens is 783 g/mol. The summed E-state index contributed by atoms with van der Waals surface area (Å²) in [7, 11) is 0. The van der Waals surface area contributed by atoms with Gasteiger partial charge in [-0.25, -0.2) is 4.70 Å². The molecule has 2 nitrogen and oxygen atoms in total. The van der Waals surface area contributed by atoms with E-state index in [1.165, 1.54) is 168 Å². The van der Waals surface area contributed by atoms with E-state index in [9.17, 15) is 5.53 Å². The van der Waals surface area contributed by atoms with Crippen molar-refractivity contribution >= 4 is 11.4 Å². The molecule has 0 atom stereocenters. The second kappa shape index (κ2) is 38.4. The molecular formula is C54H90N2Pd. The van der Waals surface area contributed by atoms with E-state index in [4.69, 9.17) is 0 Å². The van der Waals surface area contributed by atoms with Crippen LogP contribution in [0.15, 0.2) is 59.7 Å². The topological polar surface area (TPSA) is 25.3 Å². The fraction of sp³-hybridized carbons (Fsp3) is 0.667. The second-order valence-corrected chi connectivity index (χ2v) is 16.4. The van der Waals surface area contributed by atoms with Crippen molar-refractivity contribution in [2.24, 2.45) is 0 Å². The fourth-order valence-electron chi connectivity index (χ4n) is 7.78. The van der Waals surface area contributed by atoms with Crippen LogP contribution in [0.4, 0.5) is 0 Å². The molecule has 1 aliphatic rings. The van der Waals surface area contributed by atoms with E-state index in [0.29, 0.717) is 0 Å². The minimum Gasteiger partial charge on any atom is -0.493 e. The van der Waals surface area contributed by atoms with Crippen molar-refractivity contribution in [2.45, 2.75) is 234 Å². The fourth-order valence-corrected chi connectivity index (χ4v) is 7.78. The van der Waals surface area contributed by atoms with E-state index < -0.39 is 0 Å². The maximum Gasteiger partial charge on any atom is 2.00 e. The Kier molecular flexibility index (Phi) is 37.2. The van der Waals surface area contributed by atoms with E-state index in [1.807, 2.05) is 0 Å². The van der Waals surface area contributed by atoms with Gasteiger partial charge in [0, 0.05) is 22.3 Å². The first kappa shape index (κ1) is 55.2. The van der Waals surface area contributed by atoms with Gasteiger partial charge in [-0.1, -0.05) is 201 Å². The molecule has 0 radical (unpaired) electrons. The standard InChI is InChI=1S/C34H48N2.2C10H21.Pd/c1-5-9-12-14-18-27-20-16-22-29(25-27)33-31(8-4)32(24-11-7-3)34(36(33)35)30-23-17-21-28(26-30)19-15-13-10-6-2;2*1-3-5-7-9-10-8-6-4-2;/h16-17,20-23,25-26H,5-15,18-19,24H2,1-4H3;2*1,3-10H2,2H3;/q;2*-1;+2. The summed E-state index contributed by atoms with van der Waals surface area (Å²) in [5, 5.41) is 0. The Labute approximate surface area is 370 Å². The smallest absolute Gasteiger partial charge is 0.493 e. The van der Waals surface area contributed by atoms with Crippen molar-refractivity contribution in [2.75, 3.05) is 0 Å². The van der Waals surface area contributed by atoms with Crippen molar-refractivity contribution in [3.05, 3.63) is 101 Å². The number of hydrogen-bond donors (Lipinski definition) is 0. The van der Waals surface area contributed by atoms with E-state index in [0.717, 1.165) is 73.9 Å². The molecule has 1 aliphatic heterocycles. The molecule has 3 heteroatoms. The van der Waals surface area contributed by atoms with Gasteiger partial charge in [0.2, 0.25) is 11.4 Å². The van der Waals surface area contributed by atoms with E-state index in [2.05, 4.69) is 104 Å². The first-order valence-electron chi connectivity index (χ1n) is 24.2. The van der Waals surface area contributed by atoms with Crippen molar-refractivity contribution < 1.29 is 25.1 Å². The number of unbranched alkanes of at least 4 members (excludes halogenated alkanes) is 21. The van der Waals surface area contributed by atoms with Gasteiger partial charge in [0.15, 0.2) is 0 Å². The number of allylic oxidation sites excluding steroid dienone is 2. The average molecular weight is 874 g/mol. The largest absolute Gasteiger partial charge is 2.00 e. The molecule has 0 spiro atoms. The molecule has 1 heterocycles. The van der Waals surface area contributed by atoms with Gasteiger partial charge in [0.25, 0.3) is 0 Å². The summed E-state index contributed by atoms with van der Waals surface area (Å²) in [6.07, 6.45) is 38.5. The van der Waals surface area contributed by atoms with Crippen LogP contribution in [-0.4, -0.2) is 4.70 Å². The third-order valence-electron chi connectivity index (χ3n) is 11.2. The summed E-state index contributed by atoms with van der Waals surface area (Å²) in [6.45, 7) is 21.2. The molecule has 3 rings (SSSR count). The Morgan fingerprint density at radius 2 is 0.772 bits per heavy atom. The molecule has 0 amide bonds. The molecule has 0 saturated carbocycles. The van der Waals surface area contributed by atoms with E-state index >= 15 is 0 Å². The minimum atomic E-state index is 0. The molecule has 2 aromatic rings. The van der Waals surface area contributed by atoms with Crippen LogP contribution in [0.5, 0.6) is 0 Å². The molecule has 0 N–H and O–H groups in total. The summed E-state index contributed by atoms with van der Waals surface area (Å²) in [5.74, 6) is 0. The molecule has 0 fully saturated rings. The van der Waals surface area contributed by atoms with Crippen LogP contribution in [0.3, 0.4) is 0 Å². The van der Waals surface area contributed by atoms with E-state index in [1.54, 1.807) is 0 Å². The van der Waals surface area contributed by atoms with E-state index in [-0.39, 0.29) is 20.4 Å². The van der Waals surface area contributed by atoms with Crippen molar-refractivity contribution in [3.63, 3.8) is 0 Å². The molecule has 0 saturated heterocycles. The third kappa shape index (κ3) is 24.1. The van der Waals surface area contributed by atoms with Crippen LogP contribution in [-0.2, 0) is 33.3 Å². The quantitative estimate of drug-likeness (QED) is 0.0323. The Balaban J connectivity index is 0.00000123. The molecule has 0 bridgehead atoms. The summed E-state index contributed by atoms with van der Waals surface area (Å²) in [6, 6.07) is 17.8. The number of hydrogen-bond acceptors (Lipinski definition) is 0. The third-order valence-corrected chi connectivity index (χ3v) is 11.2. The Bertz CT molecular complexity index is 1290. The SMILES string of the molecule is CCCCCCc1cccc(C2=C(CC)C(CCCC)=C(c3cccc(CCCCCC)c3)[N+]2=[N-])c1.[CH2-]CCCCCCCCC.[CH2-]CCCCCCCCC.[Pd+2]. The van der Waals surface area contributed by atoms with Gasteiger partial charge in [0.1, 0.15) is 0 Å². The van der Waals surface area contributed by atoms with Gasteiger partial charge in [-0.2, -0.15) is 12.8 Å². The maximum atomic E-state index is 11.7. The van der Waals surface area contributed by atoms with Gasteiger partial charge in [0.05, 0.1) is 0 Å². The summed E-state index contributed by atoms with van der Waals surface area (Å²) in [4.78, 5) is 0. The predicted molar refractivity (Wildman–Crippen MR) is 252 cm³/mol. The Morgan fingerprint density at radius 3 is 1.14 bits per heavy atom. The van der Waals surface area contributed by atoms with Crippen LogP contribution in [0.2, 0.25) is 0 Å². The molecule has 2 aromatic carbocycles. The first-order valence-corrected chi connectivity index (χ1v) is 24.2. The van der Waals surface area contributed by atoms with Gasteiger partial charge in [-0.3, -0.25) is 0 Å². The number of rotatable bonds is 30. The van der Waals surface area contributed by atoms with Gasteiger partial charge in [-0.05, 0) is 80.3 Å². The summed E-state index contributed by atoms with van der Waals surface area (Å²) < 4.78 is 1.52. The van der Waals surface area contributed by atoms with Crippen LogP contribution in [0.25, 0.3) is 16.9 Å². The molecule has 326 valence electrons. The molecule has 57 heavy (non-hydrogen) atoms. The zero-order valence-electron chi connectivity index (χ0n) is 38.5. The average Bonchev–Trinajstić information content (AvgIpc) is 3.51. The molecule has 0 aliphatic carbocycles. The first-order chi connectivity index (χ1) is 27.5. The van der Waals surface area contributed by atoms with Crippen LogP contribution >= 0.6 is 0 Å². The Morgan fingerprint density at radius 1 is 0.421 bits per heavy atom. The van der Waals surface area contributed by atoms with Gasteiger partial charge >= 0.3 is 20.4 Å². The van der Waals surface area contributed by atoms with Gasteiger partial charge in [-0.15, -0.1) is 0 Å². The van der Waals surface area contributed by atoms with Gasteiger partial charge < -0.3 is 19.4 Å². The van der Waals surface area contributed by atoms with Crippen LogP contribution in [0, 0.1) is 13.8 Å². The normalized spacial score (nSPS) is 12.3. The number of benzene rings is 2. The molecule has 0 aromatic heterocycles. The summed E-state index contributed by atoms with van der Waals surface area (Å²) in [5.41, 5.74) is 21.4. The van der Waals surface area contributed by atoms with Crippen molar-refractivity contribution in [1.82, 2.24) is 0 Å².